The van der Waals surface area contributed by atoms with Gasteiger partial charge in [-0.1, -0.05) is 35.5 Å². The summed E-state index contributed by atoms with van der Waals surface area (Å²) >= 11 is 1.60. The Morgan fingerprint density at radius 2 is 1.91 bits per heavy atom. The number of hydrogen-bond donors (Lipinski definition) is 1. The molecule has 1 amide bonds. The van der Waals surface area contributed by atoms with Crippen molar-refractivity contribution in [2.24, 2.45) is 5.92 Å². The summed E-state index contributed by atoms with van der Waals surface area (Å²) in [5.41, 5.74) is 2.49. The van der Waals surface area contributed by atoms with Crippen molar-refractivity contribution in [3.05, 3.63) is 58.8 Å². The number of likely N-dealkylation sites (tertiary alicyclic amines) is 2. The first-order valence-electron chi connectivity index (χ1n) is 11.9. The standard InChI is InChI=1S/C25H31N5O2S/c31-25(26-15-19-6-3-7-20(14-19)16-29-10-1-2-11-29)21-8-4-12-30(17-21)18-23-27-24(28-32-23)22-9-5-13-33-22/h3,5-7,9,13-14,21H,1-2,4,8,10-12,15-18H2,(H,26,31). The molecule has 1 atom stereocenters. The third kappa shape index (κ3) is 5.88. The van der Waals surface area contributed by atoms with E-state index in [1.54, 1.807) is 11.3 Å². The van der Waals surface area contributed by atoms with E-state index in [1.165, 1.54) is 37.1 Å². The first-order valence-corrected chi connectivity index (χ1v) is 12.8. The van der Waals surface area contributed by atoms with Crippen molar-refractivity contribution in [2.45, 2.75) is 45.3 Å². The molecule has 1 unspecified atom stereocenters. The average molecular weight is 466 g/mol. The molecule has 8 heteroatoms. The summed E-state index contributed by atoms with van der Waals surface area (Å²) in [6.07, 6.45) is 4.52. The van der Waals surface area contributed by atoms with E-state index in [0.717, 1.165) is 37.4 Å². The topological polar surface area (TPSA) is 74.5 Å². The van der Waals surface area contributed by atoms with Crippen LogP contribution in [-0.2, 0) is 24.4 Å². The highest BCUT2D eigenvalue weighted by molar-refractivity contribution is 7.13. The van der Waals surface area contributed by atoms with Crippen LogP contribution in [0.2, 0.25) is 0 Å². The highest BCUT2D eigenvalue weighted by Gasteiger charge is 2.27. The summed E-state index contributed by atoms with van der Waals surface area (Å²) in [5.74, 6) is 1.37. The van der Waals surface area contributed by atoms with Crippen LogP contribution >= 0.6 is 11.3 Å². The Morgan fingerprint density at radius 1 is 1.06 bits per heavy atom. The number of carbonyl (C=O) groups is 1. The number of thiophene rings is 1. The molecular weight excluding hydrogens is 434 g/mol. The maximum absolute atomic E-state index is 12.9. The highest BCUT2D eigenvalue weighted by atomic mass is 32.1. The van der Waals surface area contributed by atoms with Gasteiger partial charge in [-0.25, -0.2) is 0 Å². The van der Waals surface area contributed by atoms with Gasteiger partial charge in [0, 0.05) is 19.6 Å². The van der Waals surface area contributed by atoms with Crippen molar-refractivity contribution in [2.75, 3.05) is 26.2 Å². The maximum Gasteiger partial charge on any atom is 0.241 e. The minimum absolute atomic E-state index is 0.00813. The Morgan fingerprint density at radius 3 is 2.76 bits per heavy atom. The quantitative estimate of drug-likeness (QED) is 0.544. The minimum Gasteiger partial charge on any atom is -0.352 e. The number of carbonyl (C=O) groups excluding carboxylic acids is 1. The molecule has 1 N–H and O–H groups in total. The number of nitrogens with one attached hydrogen (secondary N) is 1. The Labute approximate surface area is 198 Å². The molecule has 0 spiro atoms. The summed E-state index contributed by atoms with van der Waals surface area (Å²) in [7, 11) is 0. The molecule has 4 heterocycles. The Bertz CT molecular complexity index is 1040. The van der Waals surface area contributed by atoms with Crippen LogP contribution in [0.1, 0.15) is 42.7 Å². The number of benzene rings is 1. The van der Waals surface area contributed by atoms with Crippen molar-refractivity contribution < 1.29 is 9.32 Å². The summed E-state index contributed by atoms with van der Waals surface area (Å²) < 4.78 is 5.45. The average Bonchev–Trinajstić information content (AvgIpc) is 3.61. The van der Waals surface area contributed by atoms with E-state index in [9.17, 15) is 4.79 Å². The molecule has 1 aromatic carbocycles. The molecule has 5 rings (SSSR count). The van der Waals surface area contributed by atoms with E-state index in [1.807, 2.05) is 17.5 Å². The number of amides is 1. The van der Waals surface area contributed by atoms with Crippen LogP contribution in [0.4, 0.5) is 0 Å². The van der Waals surface area contributed by atoms with Gasteiger partial charge in [0.2, 0.25) is 17.6 Å². The van der Waals surface area contributed by atoms with Crippen molar-refractivity contribution in [3.8, 4) is 10.7 Å². The highest BCUT2D eigenvalue weighted by Crippen LogP contribution is 2.23. The van der Waals surface area contributed by atoms with Gasteiger partial charge in [-0.15, -0.1) is 11.3 Å². The lowest BCUT2D eigenvalue weighted by Crippen LogP contribution is -2.42. The molecule has 3 aromatic rings. The van der Waals surface area contributed by atoms with Crippen molar-refractivity contribution >= 4 is 17.2 Å². The fourth-order valence-electron chi connectivity index (χ4n) is 4.80. The van der Waals surface area contributed by atoms with E-state index in [0.29, 0.717) is 24.8 Å². The van der Waals surface area contributed by atoms with Gasteiger partial charge >= 0.3 is 0 Å². The SMILES string of the molecule is O=C(NCc1cccc(CN2CCCC2)c1)C1CCCN(Cc2nc(-c3cccs3)no2)C1. The van der Waals surface area contributed by atoms with E-state index in [2.05, 4.69) is 49.5 Å². The van der Waals surface area contributed by atoms with E-state index in [4.69, 9.17) is 4.52 Å². The van der Waals surface area contributed by atoms with E-state index >= 15 is 0 Å². The molecule has 0 radical (unpaired) electrons. The summed E-state index contributed by atoms with van der Waals surface area (Å²) in [6, 6.07) is 12.6. The molecule has 0 aliphatic carbocycles. The van der Waals surface area contributed by atoms with E-state index < -0.39 is 0 Å². The van der Waals surface area contributed by atoms with Gasteiger partial charge in [0.15, 0.2) is 0 Å². The molecule has 174 valence electrons. The van der Waals surface area contributed by atoms with Crippen LogP contribution < -0.4 is 5.32 Å². The summed E-state index contributed by atoms with van der Waals surface area (Å²) in [4.78, 5) is 23.2. The van der Waals surface area contributed by atoms with Gasteiger partial charge in [-0.05, 0) is 67.9 Å². The second-order valence-electron chi connectivity index (χ2n) is 9.08. The van der Waals surface area contributed by atoms with Crippen molar-refractivity contribution in [1.29, 1.82) is 0 Å². The first kappa shape index (κ1) is 22.3. The van der Waals surface area contributed by atoms with Gasteiger partial charge in [-0.2, -0.15) is 4.98 Å². The molecule has 2 saturated heterocycles. The zero-order valence-electron chi connectivity index (χ0n) is 18.9. The predicted molar refractivity (Wildman–Crippen MR) is 128 cm³/mol. The Balaban J connectivity index is 1.11. The molecule has 7 nitrogen and oxygen atoms in total. The number of rotatable bonds is 8. The lowest BCUT2D eigenvalue weighted by molar-refractivity contribution is -0.127. The lowest BCUT2D eigenvalue weighted by Gasteiger charge is -2.30. The van der Waals surface area contributed by atoms with Crippen LogP contribution in [0.25, 0.3) is 10.7 Å². The zero-order valence-corrected chi connectivity index (χ0v) is 19.7. The fraction of sp³-hybridized carbons (Fsp3) is 0.480. The van der Waals surface area contributed by atoms with Gasteiger partial charge < -0.3 is 9.84 Å². The molecule has 2 aliphatic rings. The van der Waals surface area contributed by atoms with Gasteiger partial charge in [-0.3, -0.25) is 14.6 Å². The van der Waals surface area contributed by atoms with Crippen LogP contribution in [0.5, 0.6) is 0 Å². The fourth-order valence-corrected chi connectivity index (χ4v) is 5.45. The van der Waals surface area contributed by atoms with Gasteiger partial charge in [0.25, 0.3) is 0 Å². The van der Waals surface area contributed by atoms with Crippen LogP contribution in [0.15, 0.2) is 46.3 Å². The third-order valence-corrected chi connectivity index (χ3v) is 7.37. The summed E-state index contributed by atoms with van der Waals surface area (Å²) in [5, 5.41) is 9.27. The van der Waals surface area contributed by atoms with Gasteiger partial charge in [0.1, 0.15) is 0 Å². The number of nitrogens with zero attached hydrogens (tertiary/aromatic N) is 4. The Kier molecular flexibility index (Phi) is 7.14. The maximum atomic E-state index is 12.9. The van der Waals surface area contributed by atoms with E-state index in [-0.39, 0.29) is 11.8 Å². The van der Waals surface area contributed by atoms with Crippen LogP contribution in [0, 0.1) is 5.92 Å². The molecule has 2 aliphatic heterocycles. The van der Waals surface area contributed by atoms with Gasteiger partial charge in [0.05, 0.1) is 17.3 Å². The molecule has 33 heavy (non-hydrogen) atoms. The molecule has 0 saturated carbocycles. The normalized spacial score (nSPS) is 19.7. The second kappa shape index (κ2) is 10.6. The Hall–Kier alpha value is -2.55. The van der Waals surface area contributed by atoms with Crippen molar-refractivity contribution in [1.82, 2.24) is 25.3 Å². The molecule has 2 aromatic heterocycles. The number of aromatic nitrogens is 2. The number of hydrogen-bond acceptors (Lipinski definition) is 7. The predicted octanol–water partition coefficient (Wildman–Crippen LogP) is 3.92. The zero-order chi connectivity index (χ0) is 22.5. The van der Waals surface area contributed by atoms with Crippen LogP contribution in [-0.4, -0.2) is 52.0 Å². The second-order valence-corrected chi connectivity index (χ2v) is 10.0. The summed E-state index contributed by atoms with van der Waals surface area (Å²) in [6.45, 7) is 6.22. The minimum atomic E-state index is -0.00813. The largest absolute Gasteiger partial charge is 0.352 e. The molecule has 0 bridgehead atoms. The smallest absolute Gasteiger partial charge is 0.241 e. The monoisotopic (exact) mass is 465 g/mol. The van der Waals surface area contributed by atoms with Crippen molar-refractivity contribution in [3.63, 3.8) is 0 Å². The third-order valence-electron chi connectivity index (χ3n) is 6.51. The first-order chi connectivity index (χ1) is 16.2. The molecule has 2 fully saturated rings. The lowest BCUT2D eigenvalue weighted by atomic mass is 9.97. The van der Waals surface area contributed by atoms with Crippen LogP contribution in [0.3, 0.4) is 0 Å². The number of piperidine rings is 1. The molecular formula is C25H31N5O2S.